The lowest BCUT2D eigenvalue weighted by Crippen LogP contribution is -2.34. The molecule has 1 aliphatic rings. The first-order chi connectivity index (χ1) is 10.2. The zero-order valence-corrected chi connectivity index (χ0v) is 12.7. The maximum Gasteiger partial charge on any atom is 0.135 e. The van der Waals surface area contributed by atoms with E-state index in [1.807, 2.05) is 6.07 Å². The second kappa shape index (κ2) is 6.12. The van der Waals surface area contributed by atoms with Gasteiger partial charge in [0.25, 0.3) is 0 Å². The van der Waals surface area contributed by atoms with Crippen LogP contribution in [0.25, 0.3) is 0 Å². The standard InChI is InChI=1S/C17H22N4/c1-13-5-7-15(8-6-13)20-16-10-17(19-12-18-16)21-9-3-4-14(2)11-21/h5-8,10,12,14H,3-4,9,11H2,1-2H3,(H,18,19,20). The van der Waals surface area contributed by atoms with Crippen molar-refractivity contribution in [2.24, 2.45) is 5.92 Å². The Bertz CT molecular complexity index is 594. The highest BCUT2D eigenvalue weighted by Crippen LogP contribution is 2.23. The molecule has 0 amide bonds. The van der Waals surface area contributed by atoms with Gasteiger partial charge in [-0.1, -0.05) is 24.6 Å². The summed E-state index contributed by atoms with van der Waals surface area (Å²) in [7, 11) is 0. The summed E-state index contributed by atoms with van der Waals surface area (Å²) < 4.78 is 0. The van der Waals surface area contributed by atoms with Gasteiger partial charge in [-0.15, -0.1) is 0 Å². The van der Waals surface area contributed by atoms with E-state index in [2.05, 4.69) is 58.3 Å². The van der Waals surface area contributed by atoms with Crippen LogP contribution in [0.4, 0.5) is 17.3 Å². The molecule has 1 N–H and O–H groups in total. The van der Waals surface area contributed by atoms with Crippen LogP contribution in [0.1, 0.15) is 25.3 Å². The molecule has 1 aliphatic heterocycles. The Morgan fingerprint density at radius 1 is 1.19 bits per heavy atom. The molecule has 21 heavy (non-hydrogen) atoms. The Morgan fingerprint density at radius 3 is 2.76 bits per heavy atom. The minimum absolute atomic E-state index is 0.738. The van der Waals surface area contributed by atoms with Gasteiger partial charge in [0, 0.05) is 24.8 Å². The van der Waals surface area contributed by atoms with Gasteiger partial charge in [0.2, 0.25) is 0 Å². The molecule has 0 saturated carbocycles. The van der Waals surface area contributed by atoms with Crippen LogP contribution in [0.3, 0.4) is 0 Å². The van der Waals surface area contributed by atoms with Crippen molar-refractivity contribution < 1.29 is 0 Å². The van der Waals surface area contributed by atoms with Crippen LogP contribution in [-0.4, -0.2) is 23.1 Å². The van der Waals surface area contributed by atoms with Crippen molar-refractivity contribution in [3.63, 3.8) is 0 Å². The summed E-state index contributed by atoms with van der Waals surface area (Å²) in [6.45, 7) is 6.56. The van der Waals surface area contributed by atoms with Gasteiger partial charge in [0.15, 0.2) is 0 Å². The predicted octanol–water partition coefficient (Wildman–Crippen LogP) is 3.76. The van der Waals surface area contributed by atoms with Crippen molar-refractivity contribution in [2.45, 2.75) is 26.7 Å². The fourth-order valence-corrected chi connectivity index (χ4v) is 2.77. The average Bonchev–Trinajstić information content (AvgIpc) is 2.50. The molecule has 2 aromatic rings. The van der Waals surface area contributed by atoms with E-state index in [0.29, 0.717) is 0 Å². The summed E-state index contributed by atoms with van der Waals surface area (Å²) in [5.41, 5.74) is 2.31. The minimum Gasteiger partial charge on any atom is -0.356 e. The Balaban J connectivity index is 1.75. The maximum atomic E-state index is 4.43. The van der Waals surface area contributed by atoms with E-state index in [1.165, 1.54) is 18.4 Å². The summed E-state index contributed by atoms with van der Waals surface area (Å²) >= 11 is 0. The van der Waals surface area contributed by atoms with Crippen molar-refractivity contribution in [3.8, 4) is 0 Å². The zero-order chi connectivity index (χ0) is 14.7. The molecule has 1 atom stereocenters. The first kappa shape index (κ1) is 13.9. The van der Waals surface area contributed by atoms with Gasteiger partial charge in [-0.05, 0) is 37.8 Å². The number of aryl methyl sites for hydroxylation is 1. The minimum atomic E-state index is 0.738. The molecular formula is C17H22N4. The fourth-order valence-electron chi connectivity index (χ4n) is 2.77. The molecule has 1 unspecified atom stereocenters. The molecule has 0 aliphatic carbocycles. The number of hydrogen-bond acceptors (Lipinski definition) is 4. The predicted molar refractivity (Wildman–Crippen MR) is 87.1 cm³/mol. The summed E-state index contributed by atoms with van der Waals surface area (Å²) in [5.74, 6) is 2.61. The van der Waals surface area contributed by atoms with Crippen LogP contribution < -0.4 is 10.2 Å². The lowest BCUT2D eigenvalue weighted by atomic mass is 10.0. The smallest absolute Gasteiger partial charge is 0.135 e. The Kier molecular flexibility index (Phi) is 4.04. The highest BCUT2D eigenvalue weighted by Gasteiger charge is 2.17. The fraction of sp³-hybridized carbons (Fsp3) is 0.412. The molecule has 0 bridgehead atoms. The van der Waals surface area contributed by atoms with E-state index >= 15 is 0 Å². The molecule has 1 aromatic carbocycles. The molecule has 0 radical (unpaired) electrons. The Hall–Kier alpha value is -2.10. The number of rotatable bonds is 3. The summed E-state index contributed by atoms with van der Waals surface area (Å²) in [4.78, 5) is 11.1. The summed E-state index contributed by atoms with van der Waals surface area (Å²) in [5, 5.41) is 3.34. The monoisotopic (exact) mass is 282 g/mol. The quantitative estimate of drug-likeness (QED) is 0.930. The van der Waals surface area contributed by atoms with E-state index in [1.54, 1.807) is 6.33 Å². The van der Waals surface area contributed by atoms with Crippen LogP contribution in [-0.2, 0) is 0 Å². The van der Waals surface area contributed by atoms with E-state index < -0.39 is 0 Å². The number of hydrogen-bond donors (Lipinski definition) is 1. The van der Waals surface area contributed by atoms with Gasteiger partial charge >= 0.3 is 0 Å². The molecule has 4 nitrogen and oxygen atoms in total. The van der Waals surface area contributed by atoms with Gasteiger partial charge in [0.1, 0.15) is 18.0 Å². The normalized spacial score (nSPS) is 18.6. The maximum absolute atomic E-state index is 4.43. The van der Waals surface area contributed by atoms with Crippen LogP contribution >= 0.6 is 0 Å². The van der Waals surface area contributed by atoms with Crippen molar-refractivity contribution in [1.29, 1.82) is 0 Å². The number of piperidine rings is 1. The molecule has 1 fully saturated rings. The van der Waals surface area contributed by atoms with Gasteiger partial charge < -0.3 is 10.2 Å². The Labute approximate surface area is 126 Å². The van der Waals surface area contributed by atoms with Gasteiger partial charge in [-0.25, -0.2) is 9.97 Å². The zero-order valence-electron chi connectivity index (χ0n) is 12.7. The molecular weight excluding hydrogens is 260 g/mol. The topological polar surface area (TPSA) is 41.0 Å². The van der Waals surface area contributed by atoms with Crippen molar-refractivity contribution >= 4 is 17.3 Å². The first-order valence-electron chi connectivity index (χ1n) is 7.61. The lowest BCUT2D eigenvalue weighted by molar-refractivity contribution is 0.444. The third-order valence-corrected chi connectivity index (χ3v) is 3.96. The van der Waals surface area contributed by atoms with E-state index in [0.717, 1.165) is 36.3 Å². The van der Waals surface area contributed by atoms with Crippen molar-refractivity contribution in [2.75, 3.05) is 23.3 Å². The van der Waals surface area contributed by atoms with Crippen LogP contribution in [0.2, 0.25) is 0 Å². The molecule has 4 heteroatoms. The number of nitrogens with zero attached hydrogens (tertiary/aromatic N) is 3. The summed E-state index contributed by atoms with van der Waals surface area (Å²) in [6, 6.07) is 10.4. The van der Waals surface area contributed by atoms with Crippen molar-refractivity contribution in [3.05, 3.63) is 42.2 Å². The first-order valence-corrected chi connectivity index (χ1v) is 7.61. The molecule has 2 heterocycles. The van der Waals surface area contributed by atoms with Gasteiger partial charge in [0.05, 0.1) is 0 Å². The van der Waals surface area contributed by atoms with Gasteiger partial charge in [-0.2, -0.15) is 0 Å². The second-order valence-electron chi connectivity index (χ2n) is 5.95. The van der Waals surface area contributed by atoms with Crippen LogP contribution in [0.5, 0.6) is 0 Å². The molecule has 0 spiro atoms. The van der Waals surface area contributed by atoms with E-state index in [4.69, 9.17) is 0 Å². The number of aromatic nitrogens is 2. The number of anilines is 3. The van der Waals surface area contributed by atoms with Crippen LogP contribution in [0.15, 0.2) is 36.7 Å². The highest BCUT2D eigenvalue weighted by atomic mass is 15.2. The third-order valence-electron chi connectivity index (χ3n) is 3.96. The SMILES string of the molecule is Cc1ccc(Nc2cc(N3CCCC(C)C3)ncn2)cc1. The second-order valence-corrected chi connectivity index (χ2v) is 5.95. The molecule has 1 aromatic heterocycles. The number of nitrogens with one attached hydrogen (secondary N) is 1. The van der Waals surface area contributed by atoms with E-state index in [-0.39, 0.29) is 0 Å². The number of benzene rings is 1. The van der Waals surface area contributed by atoms with Crippen LogP contribution in [0, 0.1) is 12.8 Å². The highest BCUT2D eigenvalue weighted by molar-refractivity contribution is 5.59. The van der Waals surface area contributed by atoms with E-state index in [9.17, 15) is 0 Å². The Morgan fingerprint density at radius 2 is 2.00 bits per heavy atom. The molecule has 1 saturated heterocycles. The molecule has 110 valence electrons. The largest absolute Gasteiger partial charge is 0.356 e. The van der Waals surface area contributed by atoms with Gasteiger partial charge in [-0.3, -0.25) is 0 Å². The molecule has 3 rings (SSSR count). The summed E-state index contributed by atoms with van der Waals surface area (Å²) in [6.07, 6.45) is 4.20. The lowest BCUT2D eigenvalue weighted by Gasteiger charge is -2.31. The average molecular weight is 282 g/mol. The van der Waals surface area contributed by atoms with Crippen molar-refractivity contribution in [1.82, 2.24) is 9.97 Å². The third kappa shape index (κ3) is 3.51.